The lowest BCUT2D eigenvalue weighted by molar-refractivity contribution is 0.126. The van der Waals surface area contributed by atoms with E-state index >= 15 is 0 Å². The molecule has 1 unspecified atom stereocenters. The summed E-state index contributed by atoms with van der Waals surface area (Å²) in [7, 11) is 0. The fourth-order valence-electron chi connectivity index (χ4n) is 1.27. The predicted octanol–water partition coefficient (Wildman–Crippen LogP) is 2.75. The van der Waals surface area contributed by atoms with Crippen LogP contribution >= 0.6 is 15.9 Å². The molecular formula is C10H14BrNO. The van der Waals surface area contributed by atoms with E-state index in [1.54, 1.807) is 0 Å². The highest BCUT2D eigenvalue weighted by Crippen LogP contribution is 2.25. The third kappa shape index (κ3) is 2.79. The van der Waals surface area contributed by atoms with E-state index < -0.39 is 0 Å². The molecule has 0 bridgehead atoms. The molecule has 2 nitrogen and oxygen atoms in total. The summed E-state index contributed by atoms with van der Waals surface area (Å²) in [5, 5.41) is 0. The highest BCUT2D eigenvalue weighted by Gasteiger charge is 2.08. The van der Waals surface area contributed by atoms with Crippen molar-refractivity contribution in [2.45, 2.75) is 19.8 Å². The Morgan fingerprint density at radius 3 is 2.77 bits per heavy atom. The van der Waals surface area contributed by atoms with Gasteiger partial charge in [-0.05, 0) is 24.1 Å². The SMILES string of the molecule is Cc1ccc(C(C)CON)c(Br)c1. The van der Waals surface area contributed by atoms with Gasteiger partial charge < -0.3 is 4.84 Å². The van der Waals surface area contributed by atoms with E-state index in [1.807, 2.05) is 0 Å². The smallest absolute Gasteiger partial charge is 0.0745 e. The quantitative estimate of drug-likeness (QED) is 0.829. The van der Waals surface area contributed by atoms with Gasteiger partial charge in [-0.3, -0.25) is 0 Å². The first-order chi connectivity index (χ1) is 6.15. The number of hydrogen-bond acceptors (Lipinski definition) is 2. The van der Waals surface area contributed by atoms with Crippen molar-refractivity contribution >= 4 is 15.9 Å². The molecule has 0 saturated heterocycles. The molecule has 72 valence electrons. The molecule has 13 heavy (non-hydrogen) atoms. The van der Waals surface area contributed by atoms with Gasteiger partial charge in [0.1, 0.15) is 0 Å². The first-order valence-electron chi connectivity index (χ1n) is 4.23. The third-order valence-corrected chi connectivity index (χ3v) is 2.72. The van der Waals surface area contributed by atoms with E-state index in [4.69, 9.17) is 5.90 Å². The summed E-state index contributed by atoms with van der Waals surface area (Å²) in [5.41, 5.74) is 2.48. The Morgan fingerprint density at radius 1 is 1.54 bits per heavy atom. The summed E-state index contributed by atoms with van der Waals surface area (Å²) < 4.78 is 1.12. The molecule has 2 N–H and O–H groups in total. The van der Waals surface area contributed by atoms with Crippen molar-refractivity contribution in [2.24, 2.45) is 5.90 Å². The minimum Gasteiger partial charge on any atom is -0.304 e. The van der Waals surface area contributed by atoms with Crippen molar-refractivity contribution in [3.05, 3.63) is 33.8 Å². The van der Waals surface area contributed by atoms with Gasteiger partial charge in [0.05, 0.1) is 6.61 Å². The monoisotopic (exact) mass is 243 g/mol. The lowest BCUT2D eigenvalue weighted by Gasteiger charge is -2.12. The number of benzene rings is 1. The third-order valence-electron chi connectivity index (χ3n) is 2.03. The summed E-state index contributed by atoms with van der Waals surface area (Å²) in [5.74, 6) is 5.35. The maximum atomic E-state index is 5.03. The van der Waals surface area contributed by atoms with Gasteiger partial charge in [-0.15, -0.1) is 0 Å². The number of hydrogen-bond donors (Lipinski definition) is 1. The van der Waals surface area contributed by atoms with Crippen LogP contribution in [-0.4, -0.2) is 6.61 Å². The van der Waals surface area contributed by atoms with Gasteiger partial charge in [0.15, 0.2) is 0 Å². The Bertz CT molecular complexity index is 288. The first-order valence-corrected chi connectivity index (χ1v) is 5.02. The molecule has 0 aromatic heterocycles. The standard InChI is InChI=1S/C10H14BrNO/c1-7-3-4-9(10(11)5-7)8(2)6-13-12/h3-5,8H,6,12H2,1-2H3. The molecule has 0 aliphatic heterocycles. The van der Waals surface area contributed by atoms with Gasteiger partial charge in [0, 0.05) is 10.4 Å². The number of halogens is 1. The van der Waals surface area contributed by atoms with Crippen molar-refractivity contribution in [3.63, 3.8) is 0 Å². The van der Waals surface area contributed by atoms with E-state index in [0.717, 1.165) is 4.47 Å². The predicted molar refractivity (Wildman–Crippen MR) is 57.4 cm³/mol. The maximum Gasteiger partial charge on any atom is 0.0745 e. The molecule has 0 amide bonds. The van der Waals surface area contributed by atoms with Crippen LogP contribution in [0.15, 0.2) is 22.7 Å². The molecule has 0 saturated carbocycles. The maximum absolute atomic E-state index is 5.03. The average molecular weight is 244 g/mol. The van der Waals surface area contributed by atoms with Gasteiger partial charge in [0.2, 0.25) is 0 Å². The van der Waals surface area contributed by atoms with Gasteiger partial charge in [-0.2, -0.15) is 0 Å². The van der Waals surface area contributed by atoms with Gasteiger partial charge in [0.25, 0.3) is 0 Å². The summed E-state index contributed by atoms with van der Waals surface area (Å²) >= 11 is 3.52. The lowest BCUT2D eigenvalue weighted by atomic mass is 10.0. The summed E-state index contributed by atoms with van der Waals surface area (Å²) in [4.78, 5) is 4.62. The lowest BCUT2D eigenvalue weighted by Crippen LogP contribution is -2.08. The largest absolute Gasteiger partial charge is 0.304 e. The highest BCUT2D eigenvalue weighted by atomic mass is 79.9. The van der Waals surface area contributed by atoms with Crippen LogP contribution < -0.4 is 5.90 Å². The van der Waals surface area contributed by atoms with Crippen LogP contribution in [0.4, 0.5) is 0 Å². The Kier molecular flexibility index (Phi) is 3.90. The molecule has 0 aliphatic carbocycles. The minimum absolute atomic E-state index is 0.319. The minimum atomic E-state index is 0.319. The van der Waals surface area contributed by atoms with Crippen LogP contribution in [0.1, 0.15) is 24.0 Å². The van der Waals surface area contributed by atoms with E-state index in [-0.39, 0.29) is 0 Å². The zero-order valence-corrected chi connectivity index (χ0v) is 9.47. The topological polar surface area (TPSA) is 35.2 Å². The molecule has 1 aromatic rings. The van der Waals surface area contributed by atoms with Crippen LogP contribution in [0.5, 0.6) is 0 Å². The Balaban J connectivity index is 2.88. The van der Waals surface area contributed by atoms with Crippen molar-refractivity contribution < 1.29 is 4.84 Å². The van der Waals surface area contributed by atoms with E-state index in [2.05, 4.69) is 52.8 Å². The number of aryl methyl sites for hydroxylation is 1. The van der Waals surface area contributed by atoms with Crippen molar-refractivity contribution in [2.75, 3.05) is 6.61 Å². The Morgan fingerprint density at radius 2 is 2.23 bits per heavy atom. The average Bonchev–Trinajstić information content (AvgIpc) is 2.04. The molecule has 1 rings (SSSR count). The van der Waals surface area contributed by atoms with Gasteiger partial charge >= 0.3 is 0 Å². The van der Waals surface area contributed by atoms with Crippen molar-refractivity contribution in [1.29, 1.82) is 0 Å². The molecular weight excluding hydrogens is 230 g/mol. The second-order valence-corrected chi connectivity index (χ2v) is 4.11. The Labute approximate surface area is 87.2 Å². The Hall–Kier alpha value is -0.380. The van der Waals surface area contributed by atoms with Gasteiger partial charge in [-0.1, -0.05) is 35.0 Å². The van der Waals surface area contributed by atoms with Crippen LogP contribution in [0.3, 0.4) is 0 Å². The molecule has 0 radical (unpaired) electrons. The van der Waals surface area contributed by atoms with E-state index in [9.17, 15) is 0 Å². The fraction of sp³-hybridized carbons (Fsp3) is 0.400. The molecule has 0 aliphatic rings. The van der Waals surface area contributed by atoms with Crippen LogP contribution in [-0.2, 0) is 4.84 Å². The van der Waals surface area contributed by atoms with Crippen LogP contribution in [0, 0.1) is 6.92 Å². The summed E-state index contributed by atoms with van der Waals surface area (Å²) in [6.07, 6.45) is 0. The first kappa shape index (κ1) is 10.7. The molecule has 0 spiro atoms. The van der Waals surface area contributed by atoms with E-state index in [0.29, 0.717) is 12.5 Å². The number of rotatable bonds is 3. The summed E-state index contributed by atoms with van der Waals surface area (Å²) in [6.45, 7) is 4.70. The molecule has 0 fully saturated rings. The number of nitrogens with two attached hydrogens (primary N) is 1. The van der Waals surface area contributed by atoms with Crippen molar-refractivity contribution in [1.82, 2.24) is 0 Å². The highest BCUT2D eigenvalue weighted by molar-refractivity contribution is 9.10. The van der Waals surface area contributed by atoms with Crippen molar-refractivity contribution in [3.8, 4) is 0 Å². The van der Waals surface area contributed by atoms with E-state index in [1.165, 1.54) is 11.1 Å². The molecule has 1 atom stereocenters. The summed E-state index contributed by atoms with van der Waals surface area (Å²) in [6, 6.07) is 6.29. The zero-order chi connectivity index (χ0) is 9.84. The molecule has 0 heterocycles. The molecule has 3 heteroatoms. The van der Waals surface area contributed by atoms with Crippen LogP contribution in [0.2, 0.25) is 0 Å². The molecule has 1 aromatic carbocycles. The second kappa shape index (κ2) is 4.74. The zero-order valence-electron chi connectivity index (χ0n) is 7.88. The van der Waals surface area contributed by atoms with Gasteiger partial charge in [-0.25, -0.2) is 5.90 Å². The normalized spacial score (nSPS) is 12.9. The second-order valence-electron chi connectivity index (χ2n) is 3.26. The fourth-order valence-corrected chi connectivity index (χ4v) is 2.15. The van der Waals surface area contributed by atoms with Crippen LogP contribution in [0.25, 0.3) is 0 Å².